The number of benzene rings is 8. The molecule has 0 saturated heterocycles. The van der Waals surface area contributed by atoms with E-state index in [0.29, 0.717) is 7.25 Å². The molecule has 0 amide bonds. The molecule has 0 radical (unpaired) electrons. The standard InChI is InChI=1S/C50H36.2ClH.Zr/c1-31-25-41-19-7-15-33(49(41)47(31)43-21-9-17-39-27-35-11-3-5-13-37(35)29-45(39)43)23-24-34-16-8-20-42-26-32(2)48(50(34)42)44-22-10-18-40-28-36-12-4-6-14-38(36)30-46(40)44;;;/h3-22,25-30H,23-24H2,1-2H3;2*1H;/q;;;+2/p-2. The minimum absolute atomic E-state index is 0. The molecule has 53 heavy (non-hydrogen) atoms. The van der Waals surface area contributed by atoms with Crippen LogP contribution in [-0.4, -0.2) is 0 Å². The molecular formula is C50H36Cl2Zr. The van der Waals surface area contributed by atoms with E-state index < -0.39 is 23.2 Å². The third-order valence-electron chi connectivity index (χ3n) is 12.2. The van der Waals surface area contributed by atoms with Crippen molar-refractivity contribution in [2.45, 2.75) is 33.9 Å². The summed E-state index contributed by atoms with van der Waals surface area (Å²) in [6.45, 7) is 4.97. The van der Waals surface area contributed by atoms with E-state index in [4.69, 9.17) is 0 Å². The van der Waals surface area contributed by atoms with Crippen molar-refractivity contribution < 1.29 is 48.0 Å². The van der Waals surface area contributed by atoms with Crippen LogP contribution < -0.4 is 24.8 Å². The summed E-state index contributed by atoms with van der Waals surface area (Å²) in [5, 5.41) is 10.7. The number of fused-ring (bicyclic) bond motifs is 4. The smallest absolute Gasteiger partial charge is 1.00 e. The Morgan fingerprint density at radius 2 is 0.792 bits per heavy atom. The van der Waals surface area contributed by atoms with Crippen LogP contribution in [0.2, 0.25) is 0 Å². The Hall–Kier alpha value is -4.26. The van der Waals surface area contributed by atoms with Crippen LogP contribution in [0.25, 0.3) is 54.2 Å². The summed E-state index contributed by atoms with van der Waals surface area (Å²) in [7, 11) is 0. The molecular weight excluding hydrogens is 763 g/mol. The van der Waals surface area contributed by atoms with Gasteiger partial charge in [0.25, 0.3) is 0 Å². The second kappa shape index (κ2) is 13.2. The molecule has 2 aliphatic carbocycles. The minimum Gasteiger partial charge on any atom is -1.00 e. The summed E-state index contributed by atoms with van der Waals surface area (Å²) in [5.41, 5.74) is 18.3. The van der Waals surface area contributed by atoms with Gasteiger partial charge in [-0.2, -0.15) is 0 Å². The first kappa shape index (κ1) is 34.5. The molecule has 1 aliphatic heterocycles. The van der Waals surface area contributed by atoms with Crippen molar-refractivity contribution in [3.05, 3.63) is 201 Å². The van der Waals surface area contributed by atoms with E-state index in [1.54, 1.807) is 33.4 Å². The predicted octanol–water partition coefficient (Wildman–Crippen LogP) is 6.94. The zero-order chi connectivity index (χ0) is 33.8. The van der Waals surface area contributed by atoms with Gasteiger partial charge in [0.1, 0.15) is 0 Å². The largest absolute Gasteiger partial charge is 1.00 e. The number of allylic oxidation sites excluding steroid dienone is 2. The summed E-state index contributed by atoms with van der Waals surface area (Å²) in [6.07, 6.45) is 2.08. The van der Waals surface area contributed by atoms with Crippen molar-refractivity contribution in [3.63, 3.8) is 0 Å². The van der Waals surface area contributed by atoms with Crippen LogP contribution >= 0.6 is 0 Å². The van der Waals surface area contributed by atoms with Gasteiger partial charge < -0.3 is 24.8 Å². The van der Waals surface area contributed by atoms with Gasteiger partial charge in [0, 0.05) is 0 Å². The first-order valence-corrected chi connectivity index (χ1v) is 21.2. The Labute approximate surface area is 335 Å². The van der Waals surface area contributed by atoms with E-state index in [0.717, 1.165) is 12.8 Å². The molecule has 0 spiro atoms. The quantitative estimate of drug-likeness (QED) is 0.167. The van der Waals surface area contributed by atoms with E-state index >= 15 is 0 Å². The zero-order valence-electron chi connectivity index (χ0n) is 29.7. The first-order chi connectivity index (χ1) is 25.1. The molecule has 3 heteroatoms. The molecule has 1 heterocycles. The Bertz CT molecular complexity index is 2680. The molecule has 2 unspecified atom stereocenters. The van der Waals surface area contributed by atoms with Gasteiger partial charge in [-0.1, -0.05) is 0 Å². The van der Waals surface area contributed by atoms with E-state index in [-0.39, 0.29) is 24.8 Å². The van der Waals surface area contributed by atoms with Crippen molar-refractivity contribution in [3.8, 4) is 0 Å². The van der Waals surface area contributed by atoms with Crippen LogP contribution in [0, 0.1) is 0 Å². The van der Waals surface area contributed by atoms with Gasteiger partial charge in [-0.25, -0.2) is 0 Å². The molecule has 0 nitrogen and oxygen atoms in total. The van der Waals surface area contributed by atoms with Crippen molar-refractivity contribution in [1.29, 1.82) is 0 Å². The molecule has 254 valence electrons. The first-order valence-electron chi connectivity index (χ1n) is 18.4. The van der Waals surface area contributed by atoms with Gasteiger partial charge in [0.15, 0.2) is 0 Å². The second-order valence-electron chi connectivity index (χ2n) is 14.9. The molecule has 8 aromatic carbocycles. The maximum Gasteiger partial charge on any atom is -1.00 e. The predicted molar refractivity (Wildman–Crippen MR) is 212 cm³/mol. The maximum absolute atomic E-state index is 2.49. The normalized spacial score (nSPS) is 17.0. The average Bonchev–Trinajstić information content (AvgIpc) is 3.61. The van der Waals surface area contributed by atoms with E-state index in [2.05, 4.69) is 159 Å². The van der Waals surface area contributed by atoms with Crippen LogP contribution in [0.1, 0.15) is 65.6 Å². The van der Waals surface area contributed by atoms with Crippen LogP contribution in [0.4, 0.5) is 0 Å². The van der Waals surface area contributed by atoms with Gasteiger partial charge in [-0.15, -0.1) is 0 Å². The SMILES string of the molecule is CC1=C(c2cccc3cc4ccccc4cc23)c2c3cccc2[CH]1[Zr+2][CH]1C(C)=C(c2cccc4cc5ccccc5cc24)c2c(cccc21)CC3.[Cl-].[Cl-]. The summed E-state index contributed by atoms with van der Waals surface area (Å²) < 4.78 is 1.05. The molecule has 11 rings (SSSR count). The topological polar surface area (TPSA) is 0 Å². The second-order valence-corrected chi connectivity index (χ2v) is 18.5. The van der Waals surface area contributed by atoms with Crippen molar-refractivity contribution >= 4 is 54.2 Å². The molecule has 8 aromatic rings. The Morgan fingerprint density at radius 1 is 0.415 bits per heavy atom. The van der Waals surface area contributed by atoms with E-state index in [9.17, 15) is 0 Å². The Morgan fingerprint density at radius 3 is 1.23 bits per heavy atom. The van der Waals surface area contributed by atoms with E-state index in [1.165, 1.54) is 76.5 Å². The van der Waals surface area contributed by atoms with Gasteiger partial charge in [-0.3, -0.25) is 0 Å². The fourth-order valence-corrected chi connectivity index (χ4v) is 14.6. The molecule has 0 fully saturated rings. The number of hydrogen-bond donors (Lipinski definition) is 0. The number of aryl methyl sites for hydroxylation is 2. The van der Waals surface area contributed by atoms with Gasteiger partial charge in [0.05, 0.1) is 0 Å². The van der Waals surface area contributed by atoms with E-state index in [1.807, 2.05) is 0 Å². The number of hydrogen-bond acceptors (Lipinski definition) is 0. The van der Waals surface area contributed by atoms with Crippen LogP contribution in [0.5, 0.6) is 0 Å². The Kier molecular flexibility index (Phi) is 8.62. The summed E-state index contributed by atoms with van der Waals surface area (Å²) in [4.78, 5) is 0. The van der Waals surface area contributed by atoms with Crippen LogP contribution in [0.3, 0.4) is 0 Å². The van der Waals surface area contributed by atoms with Gasteiger partial charge in [-0.05, 0) is 0 Å². The molecule has 0 saturated carbocycles. The van der Waals surface area contributed by atoms with Gasteiger partial charge in [0.2, 0.25) is 0 Å². The molecule has 3 aliphatic rings. The Balaban J connectivity index is 0.00000186. The maximum atomic E-state index is 2.49. The minimum atomic E-state index is -1.11. The van der Waals surface area contributed by atoms with Crippen LogP contribution in [0.15, 0.2) is 157 Å². The van der Waals surface area contributed by atoms with Crippen molar-refractivity contribution in [2.75, 3.05) is 0 Å². The average molecular weight is 799 g/mol. The molecule has 2 atom stereocenters. The monoisotopic (exact) mass is 796 g/mol. The third-order valence-corrected chi connectivity index (χ3v) is 17.5. The summed E-state index contributed by atoms with van der Waals surface area (Å²) in [5.74, 6) is 0. The fraction of sp³-hybridized carbons (Fsp3) is 0.120. The van der Waals surface area contributed by atoms with Crippen LogP contribution in [-0.2, 0) is 36.1 Å². The van der Waals surface area contributed by atoms with Gasteiger partial charge >= 0.3 is 313 Å². The number of halogens is 2. The molecule has 0 aromatic heterocycles. The zero-order valence-corrected chi connectivity index (χ0v) is 33.7. The number of rotatable bonds is 2. The van der Waals surface area contributed by atoms with Crippen molar-refractivity contribution in [2.24, 2.45) is 0 Å². The summed E-state index contributed by atoms with van der Waals surface area (Å²) in [6, 6.07) is 55.8. The molecule has 8 bridgehead atoms. The summed E-state index contributed by atoms with van der Waals surface area (Å²) >= 11 is -1.11. The third kappa shape index (κ3) is 5.19. The molecule has 0 N–H and O–H groups in total. The fourth-order valence-electron chi connectivity index (χ4n) is 9.83. The van der Waals surface area contributed by atoms with Crippen molar-refractivity contribution in [1.82, 2.24) is 0 Å².